The zero-order valence-electron chi connectivity index (χ0n) is 13.4. The highest BCUT2D eigenvalue weighted by molar-refractivity contribution is 5.94. The molecule has 2 N–H and O–H groups in total. The van der Waals surface area contributed by atoms with E-state index in [4.69, 9.17) is 9.47 Å². The lowest BCUT2D eigenvalue weighted by molar-refractivity contribution is 0.0925. The molecule has 0 spiro atoms. The Kier molecular flexibility index (Phi) is 4.50. The Bertz CT molecular complexity index is 696. The van der Waals surface area contributed by atoms with Crippen molar-refractivity contribution in [3.8, 4) is 11.5 Å². The van der Waals surface area contributed by atoms with Crippen molar-refractivity contribution in [2.45, 2.75) is 32.3 Å². The maximum atomic E-state index is 12.3. The average Bonchev–Trinajstić information content (AvgIpc) is 3.16. The van der Waals surface area contributed by atoms with Crippen LogP contribution in [0.15, 0.2) is 24.3 Å². The number of methoxy groups -OCH3 is 1. The number of carbonyl (C=O) groups excluding carboxylic acids is 1. The van der Waals surface area contributed by atoms with E-state index in [1.54, 1.807) is 7.11 Å². The van der Waals surface area contributed by atoms with Crippen molar-refractivity contribution < 1.29 is 14.3 Å². The maximum absolute atomic E-state index is 12.3. The van der Waals surface area contributed by atoms with Crippen LogP contribution in [0, 0.1) is 0 Å². The predicted octanol–water partition coefficient (Wildman–Crippen LogP) is 2.10. The molecule has 0 saturated heterocycles. The van der Waals surface area contributed by atoms with Gasteiger partial charge in [-0.05, 0) is 38.3 Å². The topological polar surface area (TPSA) is 76.2 Å². The number of hydrogen-bond acceptors (Lipinski definition) is 4. The second-order valence-electron chi connectivity index (χ2n) is 5.67. The summed E-state index contributed by atoms with van der Waals surface area (Å²) in [4.78, 5) is 12.3. The summed E-state index contributed by atoms with van der Waals surface area (Å²) in [6.07, 6.45) is 2.80. The van der Waals surface area contributed by atoms with Gasteiger partial charge < -0.3 is 14.8 Å². The summed E-state index contributed by atoms with van der Waals surface area (Å²) in [6, 6.07) is 7.46. The number of nitrogens with one attached hydrogen (secondary N) is 2. The van der Waals surface area contributed by atoms with Crippen LogP contribution in [0.25, 0.3) is 0 Å². The Morgan fingerprint density at radius 3 is 2.91 bits per heavy atom. The Labute approximate surface area is 135 Å². The number of fused-ring (bicyclic) bond motifs is 1. The molecular formula is C17H21N3O3. The molecule has 6 heteroatoms. The van der Waals surface area contributed by atoms with Gasteiger partial charge in [-0.1, -0.05) is 12.1 Å². The van der Waals surface area contributed by atoms with Crippen molar-refractivity contribution in [2.75, 3.05) is 13.7 Å². The third-order valence-electron chi connectivity index (χ3n) is 3.97. The zero-order valence-corrected chi connectivity index (χ0v) is 13.4. The summed E-state index contributed by atoms with van der Waals surface area (Å²) >= 11 is 0. The molecule has 0 bridgehead atoms. The molecule has 0 aliphatic heterocycles. The lowest BCUT2D eigenvalue weighted by Crippen LogP contribution is -2.34. The molecular weight excluding hydrogens is 294 g/mol. The minimum Gasteiger partial charge on any atom is -0.493 e. The number of benzene rings is 1. The van der Waals surface area contributed by atoms with Crippen molar-refractivity contribution >= 4 is 5.91 Å². The maximum Gasteiger partial charge on any atom is 0.272 e. The van der Waals surface area contributed by atoms with Crippen molar-refractivity contribution in [1.82, 2.24) is 15.5 Å². The molecule has 0 saturated carbocycles. The van der Waals surface area contributed by atoms with Gasteiger partial charge in [0.1, 0.15) is 6.10 Å². The second-order valence-corrected chi connectivity index (χ2v) is 5.67. The van der Waals surface area contributed by atoms with Crippen LogP contribution in [0.1, 0.15) is 35.1 Å². The molecule has 122 valence electrons. The quantitative estimate of drug-likeness (QED) is 0.856. The van der Waals surface area contributed by atoms with Crippen LogP contribution in [0.5, 0.6) is 11.5 Å². The number of nitrogens with zero attached hydrogens (tertiary/aromatic N) is 1. The van der Waals surface area contributed by atoms with Crippen LogP contribution in [0.4, 0.5) is 0 Å². The van der Waals surface area contributed by atoms with E-state index in [2.05, 4.69) is 15.5 Å². The molecule has 0 fully saturated rings. The van der Waals surface area contributed by atoms with E-state index in [1.807, 2.05) is 31.2 Å². The van der Waals surface area contributed by atoms with Crippen LogP contribution in [-0.2, 0) is 12.8 Å². The van der Waals surface area contributed by atoms with Crippen molar-refractivity contribution in [1.29, 1.82) is 0 Å². The molecule has 1 atom stereocenters. The fraction of sp³-hybridized carbons (Fsp3) is 0.412. The predicted molar refractivity (Wildman–Crippen MR) is 86.0 cm³/mol. The molecule has 1 aromatic heterocycles. The number of carbonyl (C=O) groups is 1. The molecule has 3 rings (SSSR count). The molecule has 1 aliphatic rings. The highest BCUT2D eigenvalue weighted by Crippen LogP contribution is 2.26. The van der Waals surface area contributed by atoms with Crippen LogP contribution < -0.4 is 14.8 Å². The highest BCUT2D eigenvalue weighted by atomic mass is 16.5. The lowest BCUT2D eigenvalue weighted by atomic mass is 10.2. The smallest absolute Gasteiger partial charge is 0.272 e. The number of H-pyrrole nitrogens is 1. The molecule has 1 heterocycles. The van der Waals surface area contributed by atoms with Gasteiger partial charge in [0.25, 0.3) is 5.91 Å². The normalized spacial score (nSPS) is 14.2. The van der Waals surface area contributed by atoms with Gasteiger partial charge in [0.2, 0.25) is 0 Å². The third kappa shape index (κ3) is 3.31. The van der Waals surface area contributed by atoms with Gasteiger partial charge in [0.15, 0.2) is 17.2 Å². The third-order valence-corrected chi connectivity index (χ3v) is 3.97. The molecule has 6 nitrogen and oxygen atoms in total. The molecule has 2 aromatic rings. The van der Waals surface area contributed by atoms with E-state index >= 15 is 0 Å². The van der Waals surface area contributed by atoms with E-state index in [0.29, 0.717) is 23.7 Å². The summed E-state index contributed by atoms with van der Waals surface area (Å²) in [5.41, 5.74) is 2.66. The van der Waals surface area contributed by atoms with E-state index in [1.165, 1.54) is 0 Å². The molecule has 0 radical (unpaired) electrons. The summed E-state index contributed by atoms with van der Waals surface area (Å²) in [7, 11) is 1.60. The van der Waals surface area contributed by atoms with Crippen molar-refractivity contribution in [3.05, 3.63) is 41.2 Å². The van der Waals surface area contributed by atoms with Gasteiger partial charge in [0, 0.05) is 11.3 Å². The van der Waals surface area contributed by atoms with E-state index < -0.39 is 0 Å². The van der Waals surface area contributed by atoms with E-state index in [9.17, 15) is 4.79 Å². The monoisotopic (exact) mass is 315 g/mol. The Morgan fingerprint density at radius 2 is 2.13 bits per heavy atom. The first-order valence-electron chi connectivity index (χ1n) is 7.83. The number of ether oxygens (including phenoxy) is 2. The fourth-order valence-corrected chi connectivity index (χ4v) is 2.80. The number of rotatable bonds is 6. The average molecular weight is 315 g/mol. The fourth-order valence-electron chi connectivity index (χ4n) is 2.80. The van der Waals surface area contributed by atoms with Gasteiger partial charge in [-0.15, -0.1) is 0 Å². The number of para-hydroxylation sites is 2. The molecule has 23 heavy (non-hydrogen) atoms. The summed E-state index contributed by atoms with van der Waals surface area (Å²) in [5, 5.41) is 9.97. The van der Waals surface area contributed by atoms with Crippen LogP contribution in [0.3, 0.4) is 0 Å². The second kappa shape index (κ2) is 6.73. The first-order valence-corrected chi connectivity index (χ1v) is 7.83. The Balaban J connectivity index is 1.56. The number of amides is 1. The van der Waals surface area contributed by atoms with Crippen molar-refractivity contribution in [3.63, 3.8) is 0 Å². The van der Waals surface area contributed by atoms with Crippen LogP contribution >= 0.6 is 0 Å². The lowest BCUT2D eigenvalue weighted by Gasteiger charge is -2.17. The van der Waals surface area contributed by atoms with Gasteiger partial charge in [-0.3, -0.25) is 9.89 Å². The minimum absolute atomic E-state index is 0.153. The van der Waals surface area contributed by atoms with E-state index in [-0.39, 0.29) is 12.0 Å². The summed E-state index contributed by atoms with van der Waals surface area (Å²) < 4.78 is 11.1. The first kappa shape index (κ1) is 15.4. The summed E-state index contributed by atoms with van der Waals surface area (Å²) in [6.45, 7) is 2.31. The van der Waals surface area contributed by atoms with E-state index in [0.717, 1.165) is 30.5 Å². The van der Waals surface area contributed by atoms with Gasteiger partial charge in [-0.25, -0.2) is 0 Å². The minimum atomic E-state index is -0.178. The Morgan fingerprint density at radius 1 is 1.35 bits per heavy atom. The van der Waals surface area contributed by atoms with Crippen LogP contribution in [-0.4, -0.2) is 35.9 Å². The standard InChI is InChI=1S/C17H21N3O3/c1-11(23-15-9-4-3-8-14(15)22-2)10-18-17(21)16-12-6-5-7-13(12)19-20-16/h3-4,8-9,11H,5-7,10H2,1-2H3,(H,18,21)(H,19,20)/t11-/m1/s1. The first-order chi connectivity index (χ1) is 11.2. The van der Waals surface area contributed by atoms with Crippen molar-refractivity contribution in [2.24, 2.45) is 0 Å². The number of aromatic nitrogens is 2. The molecule has 0 unspecified atom stereocenters. The SMILES string of the molecule is COc1ccccc1O[C@H](C)CNC(=O)c1n[nH]c2c1CCC2. The molecule has 1 aromatic carbocycles. The van der Waals surface area contributed by atoms with Gasteiger partial charge >= 0.3 is 0 Å². The molecule has 1 aliphatic carbocycles. The number of hydrogen-bond donors (Lipinski definition) is 2. The number of aromatic amines is 1. The Hall–Kier alpha value is -2.50. The van der Waals surface area contributed by atoms with Gasteiger partial charge in [0.05, 0.1) is 13.7 Å². The zero-order chi connectivity index (χ0) is 16.2. The largest absolute Gasteiger partial charge is 0.493 e. The van der Waals surface area contributed by atoms with Crippen LogP contribution in [0.2, 0.25) is 0 Å². The number of aryl methyl sites for hydroxylation is 1. The molecule has 1 amide bonds. The summed E-state index contributed by atoms with van der Waals surface area (Å²) in [5.74, 6) is 1.19. The highest BCUT2D eigenvalue weighted by Gasteiger charge is 2.23. The van der Waals surface area contributed by atoms with Gasteiger partial charge in [-0.2, -0.15) is 5.10 Å².